The van der Waals surface area contributed by atoms with Crippen molar-refractivity contribution in [2.75, 3.05) is 0 Å². The van der Waals surface area contributed by atoms with Crippen LogP contribution in [0.3, 0.4) is 0 Å². The van der Waals surface area contributed by atoms with Crippen LogP contribution in [-0.2, 0) is 19.3 Å². The number of benzene rings is 1. The average Bonchev–Trinajstić information content (AvgIpc) is 2.76. The van der Waals surface area contributed by atoms with Gasteiger partial charge in [-0.05, 0) is 24.6 Å². The van der Waals surface area contributed by atoms with E-state index in [1.807, 2.05) is 0 Å². The van der Waals surface area contributed by atoms with Crippen LogP contribution in [0.4, 0.5) is 17.6 Å². The van der Waals surface area contributed by atoms with Crippen LogP contribution in [0.5, 0.6) is 0 Å². The van der Waals surface area contributed by atoms with E-state index in [-0.39, 0.29) is 18.7 Å². The Morgan fingerprint density at radius 3 is 2.55 bits per heavy atom. The number of rotatable bonds is 4. The standard InChI is InChI=1S/C13H12F4N2O/c1-8-4-11(20-19-8)7-18-6-9-2-3-10(14)5-12(9)13(15,16)17/h2-5,18H,6-7H2,1H3. The molecular weight excluding hydrogens is 276 g/mol. The molecule has 0 unspecified atom stereocenters. The zero-order chi connectivity index (χ0) is 14.8. The summed E-state index contributed by atoms with van der Waals surface area (Å²) in [6.45, 7) is 1.94. The maximum atomic E-state index is 12.9. The number of nitrogens with one attached hydrogen (secondary N) is 1. The SMILES string of the molecule is Cc1cc(CNCc2ccc(F)cc2C(F)(F)F)on1. The van der Waals surface area contributed by atoms with Gasteiger partial charge >= 0.3 is 6.18 Å². The largest absolute Gasteiger partial charge is 0.416 e. The summed E-state index contributed by atoms with van der Waals surface area (Å²) >= 11 is 0. The van der Waals surface area contributed by atoms with Crippen molar-refractivity contribution < 1.29 is 22.1 Å². The predicted molar refractivity (Wildman–Crippen MR) is 63.2 cm³/mol. The first-order valence-electron chi connectivity index (χ1n) is 5.85. The van der Waals surface area contributed by atoms with Crippen LogP contribution >= 0.6 is 0 Å². The van der Waals surface area contributed by atoms with Crippen molar-refractivity contribution in [2.45, 2.75) is 26.2 Å². The molecule has 0 aliphatic heterocycles. The molecule has 1 aromatic carbocycles. The third-order valence-electron chi connectivity index (χ3n) is 2.67. The molecule has 1 N–H and O–H groups in total. The number of aryl methyl sites for hydroxylation is 1. The van der Waals surface area contributed by atoms with Gasteiger partial charge in [0, 0.05) is 12.6 Å². The molecular formula is C13H12F4N2O. The van der Waals surface area contributed by atoms with Gasteiger partial charge in [-0.2, -0.15) is 13.2 Å². The lowest BCUT2D eigenvalue weighted by atomic mass is 10.1. The van der Waals surface area contributed by atoms with Gasteiger partial charge in [0.05, 0.1) is 17.8 Å². The molecule has 0 bridgehead atoms. The second-order valence-corrected chi connectivity index (χ2v) is 4.34. The van der Waals surface area contributed by atoms with Crippen molar-refractivity contribution in [3.05, 3.63) is 52.7 Å². The fourth-order valence-corrected chi connectivity index (χ4v) is 1.79. The number of alkyl halides is 3. The van der Waals surface area contributed by atoms with Gasteiger partial charge in [-0.15, -0.1) is 0 Å². The van der Waals surface area contributed by atoms with Crippen LogP contribution in [0.2, 0.25) is 0 Å². The van der Waals surface area contributed by atoms with E-state index < -0.39 is 17.6 Å². The molecule has 0 spiro atoms. The zero-order valence-corrected chi connectivity index (χ0v) is 10.6. The Hall–Kier alpha value is -1.89. The lowest BCUT2D eigenvalue weighted by Gasteiger charge is -2.13. The number of halogens is 4. The molecule has 1 heterocycles. The predicted octanol–water partition coefficient (Wildman–Crippen LogP) is 3.43. The minimum absolute atomic E-state index is 0.0184. The van der Waals surface area contributed by atoms with Gasteiger partial charge < -0.3 is 9.84 Å². The molecule has 0 aliphatic rings. The van der Waals surface area contributed by atoms with Crippen molar-refractivity contribution in [1.82, 2.24) is 10.5 Å². The Morgan fingerprint density at radius 1 is 1.20 bits per heavy atom. The maximum Gasteiger partial charge on any atom is 0.416 e. The molecule has 2 rings (SSSR count). The molecule has 0 atom stereocenters. The van der Waals surface area contributed by atoms with Crippen LogP contribution in [0.25, 0.3) is 0 Å². The maximum absolute atomic E-state index is 12.9. The minimum Gasteiger partial charge on any atom is -0.360 e. The van der Waals surface area contributed by atoms with Crippen molar-refractivity contribution in [1.29, 1.82) is 0 Å². The number of hydrogen-bond donors (Lipinski definition) is 1. The van der Waals surface area contributed by atoms with Crippen LogP contribution in [-0.4, -0.2) is 5.16 Å². The van der Waals surface area contributed by atoms with Gasteiger partial charge in [0.2, 0.25) is 0 Å². The molecule has 0 fully saturated rings. The molecule has 0 saturated carbocycles. The lowest BCUT2D eigenvalue weighted by molar-refractivity contribution is -0.138. The summed E-state index contributed by atoms with van der Waals surface area (Å²) in [5, 5.41) is 6.47. The smallest absolute Gasteiger partial charge is 0.360 e. The Morgan fingerprint density at radius 2 is 1.95 bits per heavy atom. The quantitative estimate of drug-likeness (QED) is 0.876. The van der Waals surface area contributed by atoms with E-state index in [0.717, 1.165) is 12.1 Å². The normalized spacial score (nSPS) is 11.8. The van der Waals surface area contributed by atoms with E-state index in [1.54, 1.807) is 13.0 Å². The first kappa shape index (κ1) is 14.5. The van der Waals surface area contributed by atoms with Crippen molar-refractivity contribution in [3.8, 4) is 0 Å². The fourth-order valence-electron chi connectivity index (χ4n) is 1.79. The molecule has 1 aromatic heterocycles. The zero-order valence-electron chi connectivity index (χ0n) is 10.6. The first-order chi connectivity index (χ1) is 9.36. The molecule has 0 radical (unpaired) electrons. The number of nitrogens with zero attached hydrogens (tertiary/aromatic N) is 1. The molecule has 0 aliphatic carbocycles. The summed E-state index contributed by atoms with van der Waals surface area (Å²) in [6.07, 6.45) is -4.58. The van der Waals surface area contributed by atoms with E-state index in [4.69, 9.17) is 4.52 Å². The molecule has 108 valence electrons. The second-order valence-electron chi connectivity index (χ2n) is 4.34. The third-order valence-corrected chi connectivity index (χ3v) is 2.67. The van der Waals surface area contributed by atoms with Gasteiger partial charge in [-0.25, -0.2) is 4.39 Å². The summed E-state index contributed by atoms with van der Waals surface area (Å²) in [5.41, 5.74) is -0.298. The molecule has 7 heteroatoms. The van der Waals surface area contributed by atoms with Gasteiger partial charge in [0.15, 0.2) is 5.76 Å². The van der Waals surface area contributed by atoms with Crippen molar-refractivity contribution >= 4 is 0 Å². The molecule has 0 saturated heterocycles. The van der Waals surface area contributed by atoms with Gasteiger partial charge in [0.25, 0.3) is 0 Å². The topological polar surface area (TPSA) is 38.1 Å². The summed E-state index contributed by atoms with van der Waals surface area (Å²) in [7, 11) is 0. The highest BCUT2D eigenvalue weighted by atomic mass is 19.4. The summed E-state index contributed by atoms with van der Waals surface area (Å²) < 4.78 is 56.1. The number of hydrogen-bond acceptors (Lipinski definition) is 3. The van der Waals surface area contributed by atoms with Crippen LogP contribution < -0.4 is 5.32 Å². The molecule has 3 nitrogen and oxygen atoms in total. The molecule has 2 aromatic rings. The minimum atomic E-state index is -4.58. The van der Waals surface area contributed by atoms with Crippen LogP contribution in [0.15, 0.2) is 28.8 Å². The third kappa shape index (κ3) is 3.57. The lowest BCUT2D eigenvalue weighted by Crippen LogP contribution is -2.17. The Labute approximate surface area is 112 Å². The summed E-state index contributed by atoms with van der Waals surface area (Å²) in [6, 6.07) is 4.31. The highest BCUT2D eigenvalue weighted by Gasteiger charge is 2.33. The monoisotopic (exact) mass is 288 g/mol. The Kier molecular flexibility index (Phi) is 4.08. The van der Waals surface area contributed by atoms with Gasteiger partial charge in [-0.3, -0.25) is 0 Å². The first-order valence-corrected chi connectivity index (χ1v) is 5.85. The fraction of sp³-hybridized carbons (Fsp3) is 0.308. The highest BCUT2D eigenvalue weighted by molar-refractivity contribution is 5.30. The molecule has 20 heavy (non-hydrogen) atoms. The van der Waals surface area contributed by atoms with E-state index in [2.05, 4.69) is 10.5 Å². The van der Waals surface area contributed by atoms with Gasteiger partial charge in [0.1, 0.15) is 5.82 Å². The van der Waals surface area contributed by atoms with Crippen LogP contribution in [0, 0.1) is 12.7 Å². The number of aromatic nitrogens is 1. The van der Waals surface area contributed by atoms with Gasteiger partial charge in [-0.1, -0.05) is 11.2 Å². The van der Waals surface area contributed by atoms with Crippen molar-refractivity contribution in [3.63, 3.8) is 0 Å². The second kappa shape index (κ2) is 5.62. The summed E-state index contributed by atoms with van der Waals surface area (Å²) in [4.78, 5) is 0. The average molecular weight is 288 g/mol. The van der Waals surface area contributed by atoms with E-state index >= 15 is 0 Å². The van der Waals surface area contributed by atoms with Crippen molar-refractivity contribution in [2.24, 2.45) is 0 Å². The van der Waals surface area contributed by atoms with E-state index in [9.17, 15) is 17.6 Å². The van der Waals surface area contributed by atoms with Crippen LogP contribution in [0.1, 0.15) is 22.6 Å². The highest BCUT2D eigenvalue weighted by Crippen LogP contribution is 2.32. The summed E-state index contributed by atoms with van der Waals surface area (Å²) in [5.74, 6) is -0.384. The van der Waals surface area contributed by atoms with E-state index in [1.165, 1.54) is 0 Å². The Balaban J connectivity index is 2.06. The van der Waals surface area contributed by atoms with E-state index in [0.29, 0.717) is 17.5 Å². The molecule has 0 amide bonds. The Bertz CT molecular complexity index is 592.